The molecule has 8 heteroatoms. The van der Waals surface area contributed by atoms with Gasteiger partial charge in [-0.25, -0.2) is 13.1 Å². The summed E-state index contributed by atoms with van der Waals surface area (Å²) in [5, 5.41) is 7.70. The van der Waals surface area contributed by atoms with Gasteiger partial charge in [-0.2, -0.15) is 5.10 Å². The highest BCUT2D eigenvalue weighted by Crippen LogP contribution is 2.22. The fourth-order valence-corrected chi connectivity index (χ4v) is 3.27. The highest BCUT2D eigenvalue weighted by Gasteiger charge is 2.17. The molecule has 1 aromatic carbocycles. The van der Waals surface area contributed by atoms with Crippen LogP contribution in [0.15, 0.2) is 47.8 Å². The number of fused-ring (bicyclic) bond motifs is 1. The minimum Gasteiger partial charge on any atom is -0.384 e. The molecule has 0 bridgehead atoms. The molecule has 2 heterocycles. The van der Waals surface area contributed by atoms with Gasteiger partial charge >= 0.3 is 0 Å². The van der Waals surface area contributed by atoms with E-state index in [0.29, 0.717) is 16.8 Å². The van der Waals surface area contributed by atoms with E-state index in [1.807, 2.05) is 6.07 Å². The predicted octanol–water partition coefficient (Wildman–Crippen LogP) is 1.02. The largest absolute Gasteiger partial charge is 0.384 e. The van der Waals surface area contributed by atoms with Gasteiger partial charge in [-0.05, 0) is 12.1 Å². The molecule has 0 aliphatic carbocycles. The van der Waals surface area contributed by atoms with Gasteiger partial charge in [0.15, 0.2) is 0 Å². The van der Waals surface area contributed by atoms with Gasteiger partial charge in [0.1, 0.15) is 5.82 Å². The summed E-state index contributed by atoms with van der Waals surface area (Å²) < 4.78 is 27.4. The average Bonchev–Trinajstić information content (AvgIpc) is 2.90. The number of nitrogen functional groups attached to an aromatic ring is 1. The third-order valence-electron chi connectivity index (χ3n) is 3.13. The molecular weight excluding hydrogens is 290 g/mol. The van der Waals surface area contributed by atoms with Crippen molar-refractivity contribution in [2.24, 2.45) is 0 Å². The standard InChI is InChI=1S/C13H13N5O2S/c14-13-10(7-16-18-13)8-17-21(19,20)12-3-1-2-9-6-15-5-4-11(9)12/h1-7,17H,8H2,(H3,14,16,18). The normalized spacial score (nSPS) is 11.8. The first kappa shape index (κ1) is 13.5. The van der Waals surface area contributed by atoms with E-state index in [0.717, 1.165) is 5.39 Å². The summed E-state index contributed by atoms with van der Waals surface area (Å²) in [7, 11) is -3.65. The Morgan fingerprint density at radius 1 is 1.24 bits per heavy atom. The van der Waals surface area contributed by atoms with Gasteiger partial charge in [0.2, 0.25) is 10.0 Å². The van der Waals surface area contributed by atoms with Crippen LogP contribution in [0.25, 0.3) is 10.8 Å². The fourth-order valence-electron chi connectivity index (χ4n) is 2.04. The number of sulfonamides is 1. The lowest BCUT2D eigenvalue weighted by Gasteiger charge is -2.09. The molecule has 0 fully saturated rings. The van der Waals surface area contributed by atoms with Crippen LogP contribution in [0.5, 0.6) is 0 Å². The van der Waals surface area contributed by atoms with E-state index in [9.17, 15) is 8.42 Å². The van der Waals surface area contributed by atoms with Crippen molar-refractivity contribution in [3.63, 3.8) is 0 Å². The molecule has 0 unspecified atom stereocenters. The van der Waals surface area contributed by atoms with Crippen LogP contribution in [0.2, 0.25) is 0 Å². The second-order valence-electron chi connectivity index (χ2n) is 4.49. The van der Waals surface area contributed by atoms with Crippen LogP contribution >= 0.6 is 0 Å². The van der Waals surface area contributed by atoms with Crippen molar-refractivity contribution in [3.05, 3.63) is 48.4 Å². The van der Waals surface area contributed by atoms with E-state index in [2.05, 4.69) is 19.9 Å². The Bertz CT molecular complexity index is 883. The van der Waals surface area contributed by atoms with Crippen LogP contribution in [0.1, 0.15) is 5.56 Å². The van der Waals surface area contributed by atoms with Crippen LogP contribution in [0.3, 0.4) is 0 Å². The number of hydrogen-bond donors (Lipinski definition) is 3. The number of pyridine rings is 1. The van der Waals surface area contributed by atoms with Crippen molar-refractivity contribution in [1.29, 1.82) is 0 Å². The zero-order valence-corrected chi connectivity index (χ0v) is 11.8. The Balaban J connectivity index is 1.95. The molecule has 3 aromatic rings. The van der Waals surface area contributed by atoms with Gasteiger partial charge in [0.25, 0.3) is 0 Å². The van der Waals surface area contributed by atoms with Gasteiger partial charge in [0.05, 0.1) is 11.1 Å². The lowest BCUT2D eigenvalue weighted by molar-refractivity contribution is 0.582. The highest BCUT2D eigenvalue weighted by molar-refractivity contribution is 7.89. The number of nitrogens with zero attached hydrogens (tertiary/aromatic N) is 2. The number of nitrogens with one attached hydrogen (secondary N) is 2. The molecule has 0 saturated heterocycles. The number of benzene rings is 1. The molecule has 3 rings (SSSR count). The summed E-state index contributed by atoms with van der Waals surface area (Å²) in [5.41, 5.74) is 6.24. The number of hydrogen-bond acceptors (Lipinski definition) is 5. The molecule has 7 nitrogen and oxygen atoms in total. The maximum atomic E-state index is 12.4. The van der Waals surface area contributed by atoms with Crippen LogP contribution in [-0.4, -0.2) is 23.6 Å². The molecule has 0 saturated carbocycles. The Labute approximate surface area is 121 Å². The summed E-state index contributed by atoms with van der Waals surface area (Å²) >= 11 is 0. The molecule has 0 radical (unpaired) electrons. The zero-order valence-electron chi connectivity index (χ0n) is 10.9. The maximum Gasteiger partial charge on any atom is 0.241 e. The molecule has 0 atom stereocenters. The van der Waals surface area contributed by atoms with Crippen LogP contribution < -0.4 is 10.5 Å². The van der Waals surface area contributed by atoms with Crippen LogP contribution in [0.4, 0.5) is 5.82 Å². The molecular formula is C13H13N5O2S. The Morgan fingerprint density at radius 2 is 2.10 bits per heavy atom. The number of rotatable bonds is 4. The molecule has 108 valence electrons. The Kier molecular flexibility index (Phi) is 3.32. The quantitative estimate of drug-likeness (QED) is 0.666. The van der Waals surface area contributed by atoms with E-state index >= 15 is 0 Å². The van der Waals surface area contributed by atoms with E-state index < -0.39 is 10.0 Å². The number of aromatic amines is 1. The molecule has 0 aliphatic heterocycles. The lowest BCUT2D eigenvalue weighted by atomic mass is 10.2. The minimum absolute atomic E-state index is 0.0755. The third kappa shape index (κ3) is 2.58. The van der Waals surface area contributed by atoms with E-state index in [1.165, 1.54) is 6.20 Å². The summed E-state index contributed by atoms with van der Waals surface area (Å²) in [6.45, 7) is 0.0755. The monoisotopic (exact) mass is 303 g/mol. The predicted molar refractivity (Wildman–Crippen MR) is 78.8 cm³/mol. The first-order valence-corrected chi connectivity index (χ1v) is 7.66. The molecule has 0 aliphatic rings. The number of anilines is 1. The minimum atomic E-state index is -3.65. The summed E-state index contributed by atoms with van der Waals surface area (Å²) in [5.74, 6) is 0.347. The van der Waals surface area contributed by atoms with Gasteiger partial charge < -0.3 is 5.73 Å². The lowest BCUT2D eigenvalue weighted by Crippen LogP contribution is -2.23. The van der Waals surface area contributed by atoms with Crippen molar-refractivity contribution in [3.8, 4) is 0 Å². The topological polar surface area (TPSA) is 114 Å². The third-order valence-corrected chi connectivity index (χ3v) is 4.59. The van der Waals surface area contributed by atoms with E-state index in [-0.39, 0.29) is 11.4 Å². The van der Waals surface area contributed by atoms with Gasteiger partial charge in [0, 0.05) is 35.3 Å². The number of nitrogens with two attached hydrogens (primary N) is 1. The summed E-state index contributed by atoms with van der Waals surface area (Å²) in [4.78, 5) is 4.20. The average molecular weight is 303 g/mol. The second-order valence-corrected chi connectivity index (χ2v) is 6.22. The summed E-state index contributed by atoms with van der Waals surface area (Å²) in [6.07, 6.45) is 4.68. The number of H-pyrrole nitrogens is 1. The molecule has 0 spiro atoms. The summed E-state index contributed by atoms with van der Waals surface area (Å²) in [6, 6.07) is 6.74. The van der Waals surface area contributed by atoms with Crippen molar-refractivity contribution in [1.82, 2.24) is 19.9 Å². The van der Waals surface area contributed by atoms with Crippen LogP contribution in [0, 0.1) is 0 Å². The second kappa shape index (κ2) is 5.15. The fraction of sp³-hybridized carbons (Fsp3) is 0.0769. The smallest absolute Gasteiger partial charge is 0.241 e. The highest BCUT2D eigenvalue weighted by atomic mass is 32.2. The van der Waals surface area contributed by atoms with Crippen molar-refractivity contribution >= 4 is 26.6 Å². The van der Waals surface area contributed by atoms with Crippen molar-refractivity contribution in [2.75, 3.05) is 5.73 Å². The maximum absolute atomic E-state index is 12.4. The molecule has 0 amide bonds. The van der Waals surface area contributed by atoms with Gasteiger partial charge in [-0.15, -0.1) is 0 Å². The molecule has 4 N–H and O–H groups in total. The Hall–Kier alpha value is -2.45. The van der Waals surface area contributed by atoms with E-state index in [4.69, 9.17) is 5.73 Å². The molecule has 21 heavy (non-hydrogen) atoms. The first-order chi connectivity index (χ1) is 10.1. The first-order valence-electron chi connectivity index (χ1n) is 6.18. The van der Waals surface area contributed by atoms with Crippen molar-refractivity contribution < 1.29 is 8.42 Å². The van der Waals surface area contributed by atoms with Gasteiger partial charge in [-0.1, -0.05) is 12.1 Å². The Morgan fingerprint density at radius 3 is 2.86 bits per heavy atom. The van der Waals surface area contributed by atoms with E-state index in [1.54, 1.807) is 30.6 Å². The van der Waals surface area contributed by atoms with Crippen molar-refractivity contribution in [2.45, 2.75) is 11.4 Å². The SMILES string of the molecule is Nc1[nH]ncc1CNS(=O)(=O)c1cccc2cnccc12. The van der Waals surface area contributed by atoms with Gasteiger partial charge in [-0.3, -0.25) is 10.1 Å². The van der Waals surface area contributed by atoms with Crippen LogP contribution in [-0.2, 0) is 16.6 Å². The zero-order chi connectivity index (χ0) is 14.9. The molecule has 2 aromatic heterocycles. The number of aromatic nitrogens is 3.